The summed E-state index contributed by atoms with van der Waals surface area (Å²) in [5, 5.41) is 0.166. The molecule has 0 N–H and O–H groups in total. The van der Waals surface area contributed by atoms with Crippen LogP contribution in [-0.4, -0.2) is 55.6 Å². The van der Waals surface area contributed by atoms with Gasteiger partial charge in [0.15, 0.2) is 0 Å². The summed E-state index contributed by atoms with van der Waals surface area (Å²) in [5.41, 5.74) is 1.10. The van der Waals surface area contributed by atoms with Crippen molar-refractivity contribution in [1.29, 1.82) is 0 Å². The second-order valence-corrected chi connectivity index (χ2v) is 7.85. The van der Waals surface area contributed by atoms with Crippen LogP contribution in [0.3, 0.4) is 0 Å². The predicted octanol–water partition coefficient (Wildman–Crippen LogP) is 3.19. The molecule has 0 unspecified atom stereocenters. The summed E-state index contributed by atoms with van der Waals surface area (Å²) in [7, 11) is 1.73. The standard InChI is InChI=1S/C19H26ClFN2O2/c1-14(24)23-11-16(12-25-2)19(13-23)5-7-22(8-6-19)10-15-3-4-17(20)18(21)9-15/h3-4,9,16H,5-8,10-13H2,1-2H3/t16-/m1/s1. The van der Waals surface area contributed by atoms with Gasteiger partial charge < -0.3 is 9.64 Å². The van der Waals surface area contributed by atoms with Gasteiger partial charge in [0.1, 0.15) is 5.82 Å². The smallest absolute Gasteiger partial charge is 0.219 e. The van der Waals surface area contributed by atoms with Crippen LogP contribution >= 0.6 is 11.6 Å². The van der Waals surface area contributed by atoms with E-state index in [-0.39, 0.29) is 22.2 Å². The number of likely N-dealkylation sites (tertiary alicyclic amines) is 2. The van der Waals surface area contributed by atoms with Crippen molar-refractivity contribution in [2.24, 2.45) is 11.3 Å². The monoisotopic (exact) mass is 368 g/mol. The Kier molecular flexibility index (Phi) is 5.66. The lowest BCUT2D eigenvalue weighted by Gasteiger charge is -2.42. The zero-order valence-corrected chi connectivity index (χ0v) is 15.7. The van der Waals surface area contributed by atoms with Gasteiger partial charge in [-0.15, -0.1) is 0 Å². The van der Waals surface area contributed by atoms with Gasteiger partial charge in [0.25, 0.3) is 0 Å². The van der Waals surface area contributed by atoms with Crippen LogP contribution in [0.4, 0.5) is 4.39 Å². The minimum atomic E-state index is -0.360. The lowest BCUT2D eigenvalue weighted by Crippen LogP contribution is -2.45. The molecule has 138 valence electrons. The molecule has 0 radical (unpaired) electrons. The van der Waals surface area contributed by atoms with Crippen molar-refractivity contribution in [3.63, 3.8) is 0 Å². The van der Waals surface area contributed by atoms with E-state index in [2.05, 4.69) is 4.90 Å². The Bertz CT molecular complexity index is 632. The lowest BCUT2D eigenvalue weighted by molar-refractivity contribution is -0.128. The molecule has 6 heteroatoms. The molecular formula is C19H26ClFN2O2. The van der Waals surface area contributed by atoms with E-state index < -0.39 is 0 Å². The molecule has 1 atom stereocenters. The first kappa shape index (κ1) is 18.6. The van der Waals surface area contributed by atoms with Gasteiger partial charge in [0, 0.05) is 39.6 Å². The Morgan fingerprint density at radius 1 is 1.40 bits per heavy atom. The molecule has 0 aliphatic carbocycles. The number of rotatable bonds is 4. The molecule has 0 aromatic heterocycles. The summed E-state index contributed by atoms with van der Waals surface area (Å²) in [4.78, 5) is 16.1. The number of piperidine rings is 1. The fourth-order valence-corrected chi connectivity index (χ4v) is 4.44. The second-order valence-electron chi connectivity index (χ2n) is 7.44. The molecule has 1 aromatic rings. The van der Waals surface area contributed by atoms with Gasteiger partial charge in [0.2, 0.25) is 5.91 Å². The minimum Gasteiger partial charge on any atom is -0.384 e. The maximum Gasteiger partial charge on any atom is 0.219 e. The number of hydrogen-bond acceptors (Lipinski definition) is 3. The van der Waals surface area contributed by atoms with Crippen molar-refractivity contribution in [2.45, 2.75) is 26.3 Å². The zero-order valence-electron chi connectivity index (χ0n) is 14.9. The van der Waals surface area contributed by atoms with E-state index >= 15 is 0 Å². The van der Waals surface area contributed by atoms with Crippen LogP contribution in [0.5, 0.6) is 0 Å². The highest BCUT2D eigenvalue weighted by Gasteiger charge is 2.48. The Balaban J connectivity index is 1.63. The van der Waals surface area contributed by atoms with E-state index in [4.69, 9.17) is 16.3 Å². The van der Waals surface area contributed by atoms with Crippen LogP contribution in [-0.2, 0) is 16.1 Å². The van der Waals surface area contributed by atoms with Crippen molar-refractivity contribution < 1.29 is 13.9 Å². The Labute approximate surface area is 153 Å². The van der Waals surface area contributed by atoms with Crippen molar-refractivity contribution in [3.8, 4) is 0 Å². The van der Waals surface area contributed by atoms with Gasteiger partial charge in [-0.1, -0.05) is 17.7 Å². The molecule has 2 aliphatic rings. The molecule has 2 heterocycles. The third kappa shape index (κ3) is 3.99. The number of halogens is 2. The molecular weight excluding hydrogens is 343 g/mol. The maximum absolute atomic E-state index is 13.6. The van der Waals surface area contributed by atoms with E-state index in [1.807, 2.05) is 11.0 Å². The highest BCUT2D eigenvalue weighted by atomic mass is 35.5. The third-order valence-electron chi connectivity index (χ3n) is 5.87. The van der Waals surface area contributed by atoms with Crippen LogP contribution in [0, 0.1) is 17.2 Å². The number of nitrogens with zero attached hydrogens (tertiary/aromatic N) is 2. The summed E-state index contributed by atoms with van der Waals surface area (Å²) in [6, 6.07) is 5.03. The molecule has 0 saturated carbocycles. The number of methoxy groups -OCH3 is 1. The van der Waals surface area contributed by atoms with Crippen LogP contribution < -0.4 is 0 Å². The number of carbonyl (C=O) groups excluding carboxylic acids is 1. The highest BCUT2D eigenvalue weighted by Crippen LogP contribution is 2.45. The Hall–Kier alpha value is -1.17. The fraction of sp³-hybridized carbons (Fsp3) is 0.632. The number of hydrogen-bond donors (Lipinski definition) is 0. The minimum absolute atomic E-state index is 0.150. The van der Waals surface area contributed by atoms with Crippen LogP contribution in [0.1, 0.15) is 25.3 Å². The molecule has 4 nitrogen and oxygen atoms in total. The summed E-state index contributed by atoms with van der Waals surface area (Å²) in [6.07, 6.45) is 2.09. The van der Waals surface area contributed by atoms with E-state index in [1.165, 1.54) is 6.07 Å². The topological polar surface area (TPSA) is 32.8 Å². The van der Waals surface area contributed by atoms with Crippen LogP contribution in [0.25, 0.3) is 0 Å². The molecule has 0 bridgehead atoms. The SMILES string of the molecule is COC[C@H]1CN(C(C)=O)CC12CCN(Cc1ccc(Cl)c(F)c1)CC2. The first-order chi connectivity index (χ1) is 11.9. The van der Waals surface area contributed by atoms with Crippen molar-refractivity contribution >= 4 is 17.5 Å². The lowest BCUT2D eigenvalue weighted by atomic mass is 9.71. The predicted molar refractivity (Wildman–Crippen MR) is 96.0 cm³/mol. The molecule has 1 amide bonds. The van der Waals surface area contributed by atoms with Gasteiger partial charge >= 0.3 is 0 Å². The number of carbonyl (C=O) groups is 1. The number of ether oxygens (including phenoxy) is 1. The van der Waals surface area contributed by atoms with Gasteiger partial charge in [-0.25, -0.2) is 4.39 Å². The fourth-order valence-electron chi connectivity index (χ4n) is 4.32. The first-order valence-corrected chi connectivity index (χ1v) is 9.22. The first-order valence-electron chi connectivity index (χ1n) is 8.84. The number of benzene rings is 1. The Morgan fingerprint density at radius 3 is 2.72 bits per heavy atom. The molecule has 2 fully saturated rings. The van der Waals surface area contributed by atoms with Gasteiger partial charge in [-0.05, 0) is 49.0 Å². The maximum atomic E-state index is 13.6. The van der Waals surface area contributed by atoms with E-state index in [1.54, 1.807) is 20.1 Å². The van der Waals surface area contributed by atoms with Crippen molar-refractivity contribution in [1.82, 2.24) is 9.80 Å². The van der Waals surface area contributed by atoms with Gasteiger partial charge in [-0.2, -0.15) is 0 Å². The van der Waals surface area contributed by atoms with E-state index in [0.717, 1.165) is 51.1 Å². The Morgan fingerprint density at radius 2 is 2.12 bits per heavy atom. The summed E-state index contributed by atoms with van der Waals surface area (Å²) in [5.74, 6) is 0.189. The molecule has 25 heavy (non-hydrogen) atoms. The molecule has 1 aromatic carbocycles. The van der Waals surface area contributed by atoms with Crippen molar-refractivity contribution in [3.05, 3.63) is 34.6 Å². The average molecular weight is 369 g/mol. The quantitative estimate of drug-likeness (QED) is 0.818. The third-order valence-corrected chi connectivity index (χ3v) is 6.17. The summed E-state index contributed by atoms with van der Waals surface area (Å²) < 4.78 is 19.0. The molecule has 2 saturated heterocycles. The molecule has 2 aliphatic heterocycles. The highest BCUT2D eigenvalue weighted by molar-refractivity contribution is 6.30. The normalized spacial score (nSPS) is 23.4. The van der Waals surface area contributed by atoms with Gasteiger partial charge in [0.05, 0.1) is 11.6 Å². The molecule has 1 spiro atoms. The molecule has 3 rings (SSSR count). The van der Waals surface area contributed by atoms with E-state index in [0.29, 0.717) is 12.5 Å². The van der Waals surface area contributed by atoms with Crippen LogP contribution in [0.2, 0.25) is 5.02 Å². The summed E-state index contributed by atoms with van der Waals surface area (Å²) in [6.45, 7) is 6.62. The van der Waals surface area contributed by atoms with Crippen molar-refractivity contribution in [2.75, 3.05) is 39.9 Å². The zero-order chi connectivity index (χ0) is 18.0. The average Bonchev–Trinajstić information content (AvgIpc) is 2.92. The van der Waals surface area contributed by atoms with Gasteiger partial charge in [-0.3, -0.25) is 9.69 Å². The largest absolute Gasteiger partial charge is 0.384 e. The number of amides is 1. The van der Waals surface area contributed by atoms with E-state index in [9.17, 15) is 9.18 Å². The van der Waals surface area contributed by atoms with Crippen LogP contribution in [0.15, 0.2) is 18.2 Å². The second kappa shape index (κ2) is 7.60. The summed E-state index contributed by atoms with van der Waals surface area (Å²) >= 11 is 5.76.